The lowest BCUT2D eigenvalue weighted by atomic mass is 10.1. The molecule has 0 aromatic heterocycles. The molecule has 32 heavy (non-hydrogen) atoms. The van der Waals surface area contributed by atoms with Crippen molar-refractivity contribution in [2.24, 2.45) is 0 Å². The van der Waals surface area contributed by atoms with Crippen LogP contribution in [0.25, 0.3) is 12.2 Å². The van der Waals surface area contributed by atoms with Gasteiger partial charge in [-0.2, -0.15) is 0 Å². The van der Waals surface area contributed by atoms with Crippen LogP contribution in [0.1, 0.15) is 36.8 Å². The predicted octanol–water partition coefficient (Wildman–Crippen LogP) is 5.10. The smallest absolute Gasteiger partial charge is 0.178 e. The number of allylic oxidation sites excluding steroid dienone is 2. The van der Waals surface area contributed by atoms with Crippen LogP contribution in [0.5, 0.6) is 11.5 Å². The second kappa shape index (κ2) is 11.7. The topological polar surface area (TPSA) is 54.0 Å². The van der Waals surface area contributed by atoms with E-state index in [2.05, 4.69) is 0 Å². The summed E-state index contributed by atoms with van der Waals surface area (Å²) in [4.78, 5) is 12.2. The van der Waals surface area contributed by atoms with Crippen LogP contribution in [0.15, 0.2) is 60.7 Å². The van der Waals surface area contributed by atoms with Crippen molar-refractivity contribution in [3.63, 3.8) is 0 Å². The van der Waals surface area contributed by atoms with Gasteiger partial charge in [0.1, 0.15) is 23.7 Å². The van der Waals surface area contributed by atoms with Crippen LogP contribution in [0, 0.1) is 0 Å². The third-order valence-corrected chi connectivity index (χ3v) is 5.48. The number of hydrogen-bond acceptors (Lipinski definition) is 5. The summed E-state index contributed by atoms with van der Waals surface area (Å²) >= 11 is 0. The molecule has 2 atom stereocenters. The summed E-state index contributed by atoms with van der Waals surface area (Å²) in [7, 11) is 0. The maximum absolute atomic E-state index is 12.2. The second-order valence-electron chi connectivity index (χ2n) is 8.12. The lowest BCUT2D eigenvalue weighted by Crippen LogP contribution is -2.27. The molecule has 0 spiro atoms. The van der Waals surface area contributed by atoms with Gasteiger partial charge in [-0.3, -0.25) is 4.79 Å². The highest BCUT2D eigenvalue weighted by Crippen LogP contribution is 2.20. The number of ketones is 1. The maximum Gasteiger partial charge on any atom is 0.178 e. The number of carbonyl (C=O) groups is 1. The Balaban J connectivity index is 1.24. The van der Waals surface area contributed by atoms with Crippen LogP contribution >= 0.6 is 0 Å². The van der Waals surface area contributed by atoms with Gasteiger partial charge in [0, 0.05) is 13.2 Å². The first kappa shape index (κ1) is 22.3. The van der Waals surface area contributed by atoms with Crippen LogP contribution in [-0.2, 0) is 14.3 Å². The van der Waals surface area contributed by atoms with E-state index in [9.17, 15) is 4.79 Å². The average Bonchev–Trinajstić information content (AvgIpc) is 2.84. The van der Waals surface area contributed by atoms with E-state index in [1.807, 2.05) is 60.7 Å². The standard InChI is InChI=1S/C27H30O5/c28-23(11-5-21-7-13-24(14-8-21)31-26-3-1-17-29-19-26)12-6-22-9-15-25(16-10-22)32-27-4-2-18-30-20-27/h5-16,26-27H,1-4,17-20H2/b11-5+,12-6+. The highest BCUT2D eigenvalue weighted by Gasteiger charge is 2.16. The van der Waals surface area contributed by atoms with E-state index >= 15 is 0 Å². The van der Waals surface area contributed by atoms with Gasteiger partial charge in [-0.1, -0.05) is 36.4 Å². The molecule has 2 aromatic rings. The third-order valence-electron chi connectivity index (χ3n) is 5.48. The molecule has 5 nitrogen and oxygen atoms in total. The summed E-state index contributed by atoms with van der Waals surface area (Å²) in [5.41, 5.74) is 1.90. The SMILES string of the molecule is O=C(/C=C/c1ccc(OC2CCCOC2)cc1)/C=C/c1ccc(OC2CCCOC2)cc1. The van der Waals surface area contributed by atoms with E-state index in [0.717, 1.165) is 61.5 Å². The average molecular weight is 435 g/mol. The minimum Gasteiger partial charge on any atom is -0.488 e. The third kappa shape index (κ3) is 7.08. The fourth-order valence-corrected chi connectivity index (χ4v) is 3.72. The molecule has 2 aromatic carbocycles. The Kier molecular flexibility index (Phi) is 8.12. The summed E-state index contributed by atoms with van der Waals surface area (Å²) in [5.74, 6) is 1.59. The molecule has 0 radical (unpaired) electrons. The van der Waals surface area contributed by atoms with Crippen molar-refractivity contribution in [3.05, 3.63) is 71.8 Å². The lowest BCUT2D eigenvalue weighted by molar-refractivity contribution is -0.110. The Bertz CT molecular complexity index is 827. The molecule has 2 fully saturated rings. The number of carbonyl (C=O) groups excluding carboxylic acids is 1. The van der Waals surface area contributed by atoms with Crippen LogP contribution in [0.2, 0.25) is 0 Å². The molecule has 2 aliphatic heterocycles. The normalized spacial score (nSPS) is 21.6. The summed E-state index contributed by atoms with van der Waals surface area (Å²) in [5, 5.41) is 0. The molecule has 2 heterocycles. The van der Waals surface area contributed by atoms with Crippen LogP contribution < -0.4 is 9.47 Å². The van der Waals surface area contributed by atoms with E-state index in [1.165, 1.54) is 0 Å². The van der Waals surface area contributed by atoms with Crippen molar-refractivity contribution in [2.75, 3.05) is 26.4 Å². The molecule has 2 aliphatic rings. The maximum atomic E-state index is 12.2. The van der Waals surface area contributed by atoms with Crippen molar-refractivity contribution >= 4 is 17.9 Å². The zero-order valence-electron chi connectivity index (χ0n) is 18.3. The van der Waals surface area contributed by atoms with Gasteiger partial charge >= 0.3 is 0 Å². The van der Waals surface area contributed by atoms with Crippen molar-refractivity contribution in [2.45, 2.75) is 37.9 Å². The van der Waals surface area contributed by atoms with Crippen LogP contribution in [0.4, 0.5) is 0 Å². The fraction of sp³-hybridized carbons (Fsp3) is 0.370. The second-order valence-corrected chi connectivity index (χ2v) is 8.12. The monoisotopic (exact) mass is 434 g/mol. The fourth-order valence-electron chi connectivity index (χ4n) is 3.72. The molecule has 4 rings (SSSR count). The van der Waals surface area contributed by atoms with E-state index in [0.29, 0.717) is 13.2 Å². The highest BCUT2D eigenvalue weighted by atomic mass is 16.5. The molecule has 0 N–H and O–H groups in total. The summed E-state index contributed by atoms with van der Waals surface area (Å²) in [6.45, 7) is 2.94. The Labute approximate surface area is 189 Å². The molecule has 168 valence electrons. The van der Waals surface area contributed by atoms with Crippen molar-refractivity contribution in [3.8, 4) is 11.5 Å². The van der Waals surface area contributed by atoms with Gasteiger partial charge in [0.2, 0.25) is 0 Å². The van der Waals surface area contributed by atoms with Gasteiger partial charge in [-0.15, -0.1) is 0 Å². The van der Waals surface area contributed by atoms with Gasteiger partial charge in [-0.25, -0.2) is 0 Å². The first-order chi connectivity index (χ1) is 15.7. The van der Waals surface area contributed by atoms with Gasteiger partial charge in [0.25, 0.3) is 0 Å². The Hall–Kier alpha value is -2.89. The number of hydrogen-bond donors (Lipinski definition) is 0. The molecule has 5 heteroatoms. The van der Waals surface area contributed by atoms with Gasteiger partial charge in [-0.05, 0) is 73.2 Å². The van der Waals surface area contributed by atoms with Gasteiger partial charge < -0.3 is 18.9 Å². The molecule has 0 aliphatic carbocycles. The van der Waals surface area contributed by atoms with Crippen molar-refractivity contribution in [1.82, 2.24) is 0 Å². The minimum atomic E-state index is -0.0654. The highest BCUT2D eigenvalue weighted by molar-refractivity contribution is 6.04. The first-order valence-electron chi connectivity index (χ1n) is 11.3. The summed E-state index contributed by atoms with van der Waals surface area (Å²) in [6.07, 6.45) is 11.1. The van der Waals surface area contributed by atoms with Crippen molar-refractivity contribution < 1.29 is 23.7 Å². The summed E-state index contributed by atoms with van der Waals surface area (Å²) < 4.78 is 22.8. The molecular weight excluding hydrogens is 404 g/mol. The van der Waals surface area contributed by atoms with E-state index < -0.39 is 0 Å². The van der Waals surface area contributed by atoms with Crippen LogP contribution in [0.3, 0.4) is 0 Å². The molecule has 0 amide bonds. The Morgan fingerprint density at radius 1 is 0.719 bits per heavy atom. The number of ether oxygens (including phenoxy) is 4. The zero-order valence-corrected chi connectivity index (χ0v) is 18.3. The Morgan fingerprint density at radius 3 is 1.53 bits per heavy atom. The quantitative estimate of drug-likeness (QED) is 0.541. The van der Waals surface area contributed by atoms with E-state index in [-0.39, 0.29) is 18.0 Å². The van der Waals surface area contributed by atoms with E-state index in [4.69, 9.17) is 18.9 Å². The van der Waals surface area contributed by atoms with E-state index in [1.54, 1.807) is 12.2 Å². The lowest BCUT2D eigenvalue weighted by Gasteiger charge is -2.23. The largest absolute Gasteiger partial charge is 0.488 e. The molecule has 0 saturated carbocycles. The molecular formula is C27H30O5. The minimum absolute atomic E-state index is 0.0654. The number of benzene rings is 2. The Morgan fingerprint density at radius 2 is 1.16 bits per heavy atom. The van der Waals surface area contributed by atoms with Crippen molar-refractivity contribution in [1.29, 1.82) is 0 Å². The summed E-state index contributed by atoms with van der Waals surface area (Å²) in [6, 6.07) is 15.5. The van der Waals surface area contributed by atoms with Gasteiger partial charge in [0.05, 0.1) is 13.2 Å². The van der Waals surface area contributed by atoms with Gasteiger partial charge in [0.15, 0.2) is 5.78 Å². The predicted molar refractivity (Wildman–Crippen MR) is 125 cm³/mol. The first-order valence-corrected chi connectivity index (χ1v) is 11.3. The number of rotatable bonds is 8. The van der Waals surface area contributed by atoms with Crippen LogP contribution in [-0.4, -0.2) is 44.4 Å². The zero-order chi connectivity index (χ0) is 22.0. The molecule has 0 bridgehead atoms. The molecule has 2 unspecified atom stereocenters. The molecule has 2 saturated heterocycles.